The average Bonchev–Trinajstić information content (AvgIpc) is 2.56. The van der Waals surface area contributed by atoms with Crippen molar-refractivity contribution in [1.82, 2.24) is 0 Å². The van der Waals surface area contributed by atoms with Crippen LogP contribution in [0, 0.1) is 0 Å². The topological polar surface area (TPSA) is 0 Å². The number of fused-ring (bicyclic) bond motifs is 3. The average molecular weight is 257 g/mol. The molecule has 3 aromatic rings. The molecule has 3 heteroatoms. The van der Waals surface area contributed by atoms with Crippen LogP contribution in [0.2, 0.25) is 0 Å². The summed E-state index contributed by atoms with van der Waals surface area (Å²) in [5.41, 5.74) is 0. The molecule has 0 bridgehead atoms. The molecule has 0 atom stereocenters. The molecule has 0 fully saturated rings. The zero-order valence-electron chi connectivity index (χ0n) is 7.84. The Balaban J connectivity index is 0.000000562. The van der Waals surface area contributed by atoms with Gasteiger partial charge in [-0.2, -0.15) is 0 Å². The van der Waals surface area contributed by atoms with E-state index in [0.717, 1.165) is 0 Å². The highest BCUT2D eigenvalue weighted by Crippen LogP contribution is 2.32. The fourth-order valence-corrected chi connectivity index (χ4v) is 2.78. The number of hydrogen-bond acceptors (Lipinski definition) is 1. The monoisotopic (exact) mass is 256 g/mol. The molecular formula is C12H10Cl2S. The fourth-order valence-electron chi connectivity index (χ4n) is 1.67. The van der Waals surface area contributed by atoms with Gasteiger partial charge < -0.3 is 0 Å². The molecule has 3 rings (SSSR count). The molecule has 0 aliphatic heterocycles. The molecule has 0 N–H and O–H groups in total. The Morgan fingerprint density at radius 3 is 1.47 bits per heavy atom. The van der Waals surface area contributed by atoms with Crippen molar-refractivity contribution < 1.29 is 0 Å². The van der Waals surface area contributed by atoms with E-state index in [-0.39, 0.29) is 24.8 Å². The predicted octanol–water partition coefficient (Wildman–Crippen LogP) is 4.90. The normalized spacial score (nSPS) is 9.60. The van der Waals surface area contributed by atoms with Gasteiger partial charge in [0.15, 0.2) is 0 Å². The highest BCUT2D eigenvalue weighted by molar-refractivity contribution is 7.25. The Labute approximate surface area is 105 Å². The van der Waals surface area contributed by atoms with Gasteiger partial charge in [0.25, 0.3) is 0 Å². The Hall–Kier alpha value is -0.760. The van der Waals surface area contributed by atoms with Gasteiger partial charge >= 0.3 is 0 Å². The lowest BCUT2D eigenvalue weighted by atomic mass is 10.2. The van der Waals surface area contributed by atoms with E-state index < -0.39 is 0 Å². The predicted molar refractivity (Wildman–Crippen MR) is 73.8 cm³/mol. The summed E-state index contributed by atoms with van der Waals surface area (Å²) < 4.78 is 2.76. The second-order valence-electron chi connectivity index (χ2n) is 3.09. The van der Waals surface area contributed by atoms with E-state index in [1.807, 2.05) is 11.3 Å². The lowest BCUT2D eigenvalue weighted by Gasteiger charge is -1.88. The van der Waals surface area contributed by atoms with Gasteiger partial charge in [-0.25, -0.2) is 0 Å². The molecule has 0 radical (unpaired) electrons. The van der Waals surface area contributed by atoms with Crippen molar-refractivity contribution in [3.8, 4) is 0 Å². The maximum Gasteiger partial charge on any atom is 0.0355 e. The summed E-state index contributed by atoms with van der Waals surface area (Å²) in [4.78, 5) is 0. The summed E-state index contributed by atoms with van der Waals surface area (Å²) in [5.74, 6) is 0. The Morgan fingerprint density at radius 1 is 0.600 bits per heavy atom. The van der Waals surface area contributed by atoms with Crippen LogP contribution in [0.15, 0.2) is 48.5 Å². The quantitative estimate of drug-likeness (QED) is 0.537. The summed E-state index contributed by atoms with van der Waals surface area (Å²) in [6, 6.07) is 17.1. The molecule has 15 heavy (non-hydrogen) atoms. The van der Waals surface area contributed by atoms with Crippen LogP contribution in [0.1, 0.15) is 0 Å². The molecule has 0 amide bonds. The van der Waals surface area contributed by atoms with Gasteiger partial charge in [0, 0.05) is 20.2 Å². The number of benzene rings is 2. The Morgan fingerprint density at radius 2 is 1.00 bits per heavy atom. The zero-order chi connectivity index (χ0) is 8.67. The van der Waals surface area contributed by atoms with E-state index in [4.69, 9.17) is 0 Å². The van der Waals surface area contributed by atoms with Crippen LogP contribution in [0.25, 0.3) is 20.2 Å². The lowest BCUT2D eigenvalue weighted by molar-refractivity contribution is 1.84. The number of hydrogen-bond donors (Lipinski definition) is 0. The number of rotatable bonds is 0. The Bertz CT molecular complexity index is 521. The molecule has 0 nitrogen and oxygen atoms in total. The van der Waals surface area contributed by atoms with Gasteiger partial charge in [-0.15, -0.1) is 36.2 Å². The Kier molecular flexibility index (Phi) is 3.97. The fraction of sp³-hybridized carbons (Fsp3) is 0. The van der Waals surface area contributed by atoms with Crippen molar-refractivity contribution in [2.45, 2.75) is 0 Å². The molecule has 0 aliphatic rings. The lowest BCUT2D eigenvalue weighted by Crippen LogP contribution is -1.62. The molecule has 0 aliphatic carbocycles. The first kappa shape index (κ1) is 12.3. The number of halogens is 2. The van der Waals surface area contributed by atoms with Crippen LogP contribution in [-0.4, -0.2) is 0 Å². The van der Waals surface area contributed by atoms with Crippen molar-refractivity contribution in [2.75, 3.05) is 0 Å². The molecule has 78 valence electrons. The van der Waals surface area contributed by atoms with E-state index in [1.54, 1.807) is 0 Å². The zero-order valence-corrected chi connectivity index (χ0v) is 10.3. The van der Waals surface area contributed by atoms with Crippen LogP contribution in [-0.2, 0) is 0 Å². The van der Waals surface area contributed by atoms with Crippen LogP contribution in [0.4, 0.5) is 0 Å². The third kappa shape index (κ3) is 1.96. The second kappa shape index (κ2) is 4.84. The highest BCUT2D eigenvalue weighted by atomic mass is 35.5. The van der Waals surface area contributed by atoms with Crippen LogP contribution < -0.4 is 0 Å². The molecule has 0 unspecified atom stereocenters. The minimum atomic E-state index is 0. The molecule has 1 aromatic heterocycles. The van der Waals surface area contributed by atoms with Gasteiger partial charge in [-0.3, -0.25) is 0 Å². The van der Waals surface area contributed by atoms with Crippen molar-refractivity contribution in [1.29, 1.82) is 0 Å². The minimum absolute atomic E-state index is 0. The molecular weight excluding hydrogens is 247 g/mol. The van der Waals surface area contributed by atoms with E-state index in [2.05, 4.69) is 48.5 Å². The molecule has 1 heterocycles. The molecule has 2 aromatic carbocycles. The third-order valence-electron chi connectivity index (χ3n) is 2.28. The van der Waals surface area contributed by atoms with Gasteiger partial charge in [-0.1, -0.05) is 36.4 Å². The number of thiophene rings is 1. The minimum Gasteiger partial charge on any atom is -0.147 e. The maximum absolute atomic E-state index is 2.19. The van der Waals surface area contributed by atoms with Crippen LogP contribution in [0.3, 0.4) is 0 Å². The van der Waals surface area contributed by atoms with E-state index in [9.17, 15) is 0 Å². The van der Waals surface area contributed by atoms with E-state index >= 15 is 0 Å². The maximum atomic E-state index is 2.19. The van der Waals surface area contributed by atoms with Crippen molar-refractivity contribution >= 4 is 56.3 Å². The van der Waals surface area contributed by atoms with Gasteiger partial charge in [0.2, 0.25) is 0 Å². The van der Waals surface area contributed by atoms with Crippen molar-refractivity contribution in [2.24, 2.45) is 0 Å². The standard InChI is InChI=1S/C12H8S.2ClH/c1-3-7-11-9(5-1)10-6-2-4-8-12(10)13-11;;/h1-8H;2*1H. The SMILES string of the molecule is Cl.Cl.c1ccc2c(c1)sc1ccccc12. The van der Waals surface area contributed by atoms with Gasteiger partial charge in [0.1, 0.15) is 0 Å². The molecule has 0 saturated carbocycles. The molecule has 0 saturated heterocycles. The summed E-state index contributed by atoms with van der Waals surface area (Å²) in [5, 5.41) is 2.76. The molecule has 0 spiro atoms. The van der Waals surface area contributed by atoms with E-state index in [1.165, 1.54) is 20.2 Å². The van der Waals surface area contributed by atoms with Crippen molar-refractivity contribution in [3.05, 3.63) is 48.5 Å². The highest BCUT2D eigenvalue weighted by Gasteiger charge is 2.01. The summed E-state index contributed by atoms with van der Waals surface area (Å²) in [6.07, 6.45) is 0. The second-order valence-corrected chi connectivity index (χ2v) is 4.18. The summed E-state index contributed by atoms with van der Waals surface area (Å²) in [6.45, 7) is 0. The summed E-state index contributed by atoms with van der Waals surface area (Å²) in [7, 11) is 0. The van der Waals surface area contributed by atoms with Crippen LogP contribution >= 0.6 is 36.2 Å². The summed E-state index contributed by atoms with van der Waals surface area (Å²) >= 11 is 1.86. The van der Waals surface area contributed by atoms with Crippen LogP contribution in [0.5, 0.6) is 0 Å². The van der Waals surface area contributed by atoms with Gasteiger partial charge in [-0.05, 0) is 12.1 Å². The first-order chi connectivity index (χ1) is 6.45. The first-order valence-corrected chi connectivity index (χ1v) is 5.13. The first-order valence-electron chi connectivity index (χ1n) is 4.31. The van der Waals surface area contributed by atoms with Crippen molar-refractivity contribution in [3.63, 3.8) is 0 Å². The smallest absolute Gasteiger partial charge is 0.0355 e. The largest absolute Gasteiger partial charge is 0.147 e. The van der Waals surface area contributed by atoms with E-state index in [0.29, 0.717) is 0 Å². The third-order valence-corrected chi connectivity index (χ3v) is 3.44. The van der Waals surface area contributed by atoms with Gasteiger partial charge in [0.05, 0.1) is 0 Å².